The van der Waals surface area contributed by atoms with E-state index < -0.39 is 0 Å². The van der Waals surface area contributed by atoms with Crippen molar-refractivity contribution >= 4 is 17.3 Å². The van der Waals surface area contributed by atoms with Crippen LogP contribution in [0.1, 0.15) is 50.7 Å². The molecule has 0 aliphatic carbocycles. The molecule has 2 aromatic carbocycles. The summed E-state index contributed by atoms with van der Waals surface area (Å²) in [4.78, 5) is 17.8. The smallest absolute Gasteiger partial charge is 0.245 e. The molecule has 0 radical (unpaired) electrons. The molecule has 1 aliphatic heterocycles. The first-order valence-electron chi connectivity index (χ1n) is 10.5. The summed E-state index contributed by atoms with van der Waals surface area (Å²) in [5, 5.41) is 0. The Bertz CT molecular complexity index is 700. The van der Waals surface area contributed by atoms with E-state index in [1.165, 1.54) is 11.1 Å². The predicted octanol–water partition coefficient (Wildman–Crippen LogP) is 5.35. The highest BCUT2D eigenvalue weighted by Crippen LogP contribution is 2.36. The molecule has 3 nitrogen and oxygen atoms in total. The molecule has 27 heavy (non-hydrogen) atoms. The Morgan fingerprint density at radius 2 is 1.33 bits per heavy atom. The standard InChI is InChI=1S/C24H32N2O/c1-3-5-17-25(18-6-4-2)19-24(27)26-22-13-9-7-11-20(22)15-16-21-12-8-10-14-23(21)26/h7-14H,3-6,15-19H2,1-2H3. The Kier molecular flexibility index (Phi) is 7.05. The molecule has 0 atom stereocenters. The van der Waals surface area contributed by atoms with Gasteiger partial charge in [0.15, 0.2) is 0 Å². The van der Waals surface area contributed by atoms with E-state index >= 15 is 0 Å². The molecule has 0 N–H and O–H groups in total. The molecule has 1 heterocycles. The summed E-state index contributed by atoms with van der Waals surface area (Å²) in [5.41, 5.74) is 4.63. The fourth-order valence-electron chi connectivity index (χ4n) is 3.84. The van der Waals surface area contributed by atoms with Gasteiger partial charge in [0, 0.05) is 0 Å². The lowest BCUT2D eigenvalue weighted by atomic mass is 10.0. The van der Waals surface area contributed by atoms with E-state index in [1.54, 1.807) is 0 Å². The highest BCUT2D eigenvalue weighted by atomic mass is 16.2. The van der Waals surface area contributed by atoms with E-state index in [0.29, 0.717) is 6.54 Å². The number of hydrogen-bond acceptors (Lipinski definition) is 2. The molecule has 3 heteroatoms. The van der Waals surface area contributed by atoms with Crippen molar-refractivity contribution in [3.05, 3.63) is 59.7 Å². The number of aryl methyl sites for hydroxylation is 2. The molecule has 0 bridgehead atoms. The van der Waals surface area contributed by atoms with Crippen molar-refractivity contribution in [2.45, 2.75) is 52.4 Å². The number of hydrogen-bond donors (Lipinski definition) is 0. The maximum absolute atomic E-state index is 13.5. The number of carbonyl (C=O) groups is 1. The second-order valence-corrected chi connectivity index (χ2v) is 7.47. The third kappa shape index (κ3) is 4.78. The summed E-state index contributed by atoms with van der Waals surface area (Å²) >= 11 is 0. The van der Waals surface area contributed by atoms with Crippen LogP contribution in [0.3, 0.4) is 0 Å². The maximum Gasteiger partial charge on any atom is 0.245 e. The van der Waals surface area contributed by atoms with Gasteiger partial charge in [-0.2, -0.15) is 0 Å². The largest absolute Gasteiger partial charge is 0.294 e. The van der Waals surface area contributed by atoms with Gasteiger partial charge in [-0.1, -0.05) is 63.1 Å². The van der Waals surface area contributed by atoms with Crippen LogP contribution in [0.15, 0.2) is 48.5 Å². The summed E-state index contributed by atoms with van der Waals surface area (Å²) in [6.45, 7) is 6.91. The maximum atomic E-state index is 13.5. The minimum Gasteiger partial charge on any atom is -0.294 e. The zero-order valence-electron chi connectivity index (χ0n) is 16.8. The molecule has 0 aromatic heterocycles. The van der Waals surface area contributed by atoms with E-state index in [4.69, 9.17) is 0 Å². The summed E-state index contributed by atoms with van der Waals surface area (Å²) in [5.74, 6) is 0.184. The highest BCUT2D eigenvalue weighted by Gasteiger charge is 2.26. The van der Waals surface area contributed by atoms with Gasteiger partial charge in [0.2, 0.25) is 5.91 Å². The Labute approximate surface area is 164 Å². The average molecular weight is 365 g/mol. The fraction of sp³-hybridized carbons (Fsp3) is 0.458. The number of para-hydroxylation sites is 2. The van der Waals surface area contributed by atoms with Crippen LogP contribution in [-0.4, -0.2) is 30.4 Å². The molecule has 3 rings (SSSR count). The SMILES string of the molecule is CCCCN(CCCC)CC(=O)N1c2ccccc2CCc2ccccc21. The molecule has 2 aromatic rings. The molecular weight excluding hydrogens is 332 g/mol. The monoisotopic (exact) mass is 364 g/mol. The number of amides is 1. The van der Waals surface area contributed by atoms with Crippen molar-refractivity contribution < 1.29 is 4.79 Å². The zero-order chi connectivity index (χ0) is 19.1. The lowest BCUT2D eigenvalue weighted by Gasteiger charge is -2.29. The lowest BCUT2D eigenvalue weighted by Crippen LogP contribution is -2.39. The molecular formula is C24H32N2O. The van der Waals surface area contributed by atoms with Crippen LogP contribution in [0, 0.1) is 0 Å². The number of carbonyl (C=O) groups excluding carboxylic acids is 1. The van der Waals surface area contributed by atoms with E-state index in [2.05, 4.69) is 55.1 Å². The van der Waals surface area contributed by atoms with Gasteiger partial charge in [0.25, 0.3) is 0 Å². The van der Waals surface area contributed by atoms with Gasteiger partial charge < -0.3 is 0 Å². The second-order valence-electron chi connectivity index (χ2n) is 7.47. The Balaban J connectivity index is 1.90. The Hall–Kier alpha value is -2.13. The van der Waals surface area contributed by atoms with Crippen LogP contribution in [0.5, 0.6) is 0 Å². The normalized spacial score (nSPS) is 13.2. The topological polar surface area (TPSA) is 23.6 Å². The van der Waals surface area contributed by atoms with Crippen molar-refractivity contribution in [2.24, 2.45) is 0 Å². The first-order valence-corrected chi connectivity index (χ1v) is 10.5. The molecule has 0 fully saturated rings. The summed E-state index contributed by atoms with van der Waals surface area (Å²) in [7, 11) is 0. The molecule has 0 spiro atoms. The van der Waals surface area contributed by atoms with Crippen molar-refractivity contribution in [1.82, 2.24) is 4.90 Å². The third-order valence-electron chi connectivity index (χ3n) is 5.39. The van der Waals surface area contributed by atoms with Gasteiger partial charge in [0.05, 0.1) is 17.9 Å². The van der Waals surface area contributed by atoms with E-state index in [9.17, 15) is 4.79 Å². The zero-order valence-corrected chi connectivity index (χ0v) is 16.8. The van der Waals surface area contributed by atoms with Crippen molar-refractivity contribution in [3.63, 3.8) is 0 Å². The second kappa shape index (κ2) is 9.70. The van der Waals surface area contributed by atoms with Crippen LogP contribution < -0.4 is 4.90 Å². The van der Waals surface area contributed by atoms with Crippen LogP contribution >= 0.6 is 0 Å². The summed E-state index contributed by atoms with van der Waals surface area (Å²) in [6, 6.07) is 16.7. The Morgan fingerprint density at radius 1 is 0.852 bits per heavy atom. The van der Waals surface area contributed by atoms with Gasteiger partial charge in [-0.3, -0.25) is 14.6 Å². The van der Waals surface area contributed by atoms with Gasteiger partial charge in [-0.15, -0.1) is 0 Å². The minimum absolute atomic E-state index is 0.184. The van der Waals surface area contributed by atoms with Crippen molar-refractivity contribution in [2.75, 3.05) is 24.5 Å². The molecule has 0 saturated heterocycles. The van der Waals surface area contributed by atoms with Crippen LogP contribution in [0.25, 0.3) is 0 Å². The number of anilines is 2. The minimum atomic E-state index is 0.184. The van der Waals surface area contributed by atoms with E-state index in [0.717, 1.165) is 63.0 Å². The van der Waals surface area contributed by atoms with Gasteiger partial charge >= 0.3 is 0 Å². The average Bonchev–Trinajstić information content (AvgIpc) is 2.86. The number of unbranched alkanes of at least 4 members (excludes halogenated alkanes) is 2. The predicted molar refractivity (Wildman–Crippen MR) is 114 cm³/mol. The quantitative estimate of drug-likeness (QED) is 0.630. The van der Waals surface area contributed by atoms with Gasteiger partial charge in [-0.25, -0.2) is 0 Å². The molecule has 1 amide bonds. The molecule has 0 saturated carbocycles. The van der Waals surface area contributed by atoms with Crippen LogP contribution in [0.4, 0.5) is 11.4 Å². The van der Waals surface area contributed by atoms with Crippen LogP contribution in [0.2, 0.25) is 0 Å². The molecule has 0 unspecified atom stereocenters. The lowest BCUT2D eigenvalue weighted by molar-refractivity contribution is -0.119. The number of rotatable bonds is 8. The van der Waals surface area contributed by atoms with Crippen LogP contribution in [-0.2, 0) is 17.6 Å². The summed E-state index contributed by atoms with van der Waals surface area (Å²) in [6.07, 6.45) is 6.56. The van der Waals surface area contributed by atoms with Gasteiger partial charge in [-0.05, 0) is 62.0 Å². The highest BCUT2D eigenvalue weighted by molar-refractivity contribution is 6.03. The van der Waals surface area contributed by atoms with Crippen molar-refractivity contribution in [1.29, 1.82) is 0 Å². The first kappa shape index (κ1) is 19.6. The van der Waals surface area contributed by atoms with E-state index in [-0.39, 0.29) is 5.91 Å². The van der Waals surface area contributed by atoms with Gasteiger partial charge in [0.1, 0.15) is 0 Å². The molecule has 1 aliphatic rings. The Morgan fingerprint density at radius 3 is 1.81 bits per heavy atom. The molecule has 144 valence electrons. The first-order chi connectivity index (χ1) is 13.2. The van der Waals surface area contributed by atoms with E-state index in [1.807, 2.05) is 17.0 Å². The number of nitrogens with zero attached hydrogens (tertiary/aromatic N) is 2. The van der Waals surface area contributed by atoms with Crippen molar-refractivity contribution in [3.8, 4) is 0 Å². The third-order valence-corrected chi connectivity index (χ3v) is 5.39. The number of fused-ring (bicyclic) bond motifs is 2. The summed E-state index contributed by atoms with van der Waals surface area (Å²) < 4.78 is 0. The number of benzene rings is 2. The fourth-order valence-corrected chi connectivity index (χ4v) is 3.84.